The Morgan fingerprint density at radius 2 is 1.96 bits per heavy atom. The summed E-state index contributed by atoms with van der Waals surface area (Å²) in [5.74, 6) is 1.60. The van der Waals surface area contributed by atoms with Gasteiger partial charge in [-0.15, -0.1) is 15.3 Å². The Morgan fingerprint density at radius 3 is 2.70 bits per heavy atom. The molecule has 0 saturated heterocycles. The minimum atomic E-state index is -0.176. The first kappa shape index (κ1) is 18.6. The van der Waals surface area contributed by atoms with E-state index < -0.39 is 0 Å². The van der Waals surface area contributed by atoms with Gasteiger partial charge in [0.2, 0.25) is 11.8 Å². The van der Waals surface area contributed by atoms with Crippen LogP contribution in [0.15, 0.2) is 36.4 Å². The molecule has 2 heterocycles. The van der Waals surface area contributed by atoms with E-state index in [0.717, 1.165) is 11.3 Å². The molecule has 0 radical (unpaired) electrons. The van der Waals surface area contributed by atoms with Crippen LogP contribution in [-0.4, -0.2) is 59.2 Å². The maximum absolute atomic E-state index is 11.5. The Labute approximate surface area is 156 Å². The van der Waals surface area contributed by atoms with E-state index in [1.54, 1.807) is 23.8 Å². The molecule has 0 aliphatic heterocycles. The fraction of sp³-hybridized carbons (Fsp3) is 0.333. The van der Waals surface area contributed by atoms with E-state index in [-0.39, 0.29) is 19.1 Å². The van der Waals surface area contributed by atoms with Crippen LogP contribution in [0.4, 0.5) is 0 Å². The van der Waals surface area contributed by atoms with Crippen LogP contribution in [-0.2, 0) is 9.53 Å². The predicted molar refractivity (Wildman–Crippen MR) is 97.8 cm³/mol. The molecule has 2 aromatic heterocycles. The summed E-state index contributed by atoms with van der Waals surface area (Å²) in [6.07, 6.45) is 0. The van der Waals surface area contributed by atoms with Crippen molar-refractivity contribution in [1.82, 2.24) is 25.1 Å². The van der Waals surface area contributed by atoms with Gasteiger partial charge in [-0.05, 0) is 37.3 Å². The third-order valence-corrected chi connectivity index (χ3v) is 3.70. The summed E-state index contributed by atoms with van der Waals surface area (Å²) >= 11 is 0. The van der Waals surface area contributed by atoms with Crippen LogP contribution in [0.2, 0.25) is 0 Å². The first-order valence-electron chi connectivity index (χ1n) is 8.55. The lowest BCUT2D eigenvalue weighted by atomic mass is 10.2. The van der Waals surface area contributed by atoms with Gasteiger partial charge in [-0.1, -0.05) is 0 Å². The molecule has 142 valence electrons. The number of benzene rings is 1. The first-order valence-corrected chi connectivity index (χ1v) is 8.55. The van der Waals surface area contributed by atoms with Gasteiger partial charge in [-0.25, -0.2) is 0 Å². The van der Waals surface area contributed by atoms with Crippen LogP contribution in [0, 0.1) is 0 Å². The lowest BCUT2D eigenvalue weighted by Gasteiger charge is -2.08. The fourth-order valence-corrected chi connectivity index (χ4v) is 2.36. The second-order valence-electron chi connectivity index (χ2n) is 5.53. The number of rotatable bonds is 9. The number of methoxy groups -OCH3 is 1. The van der Waals surface area contributed by atoms with Gasteiger partial charge in [0.1, 0.15) is 19.0 Å². The van der Waals surface area contributed by atoms with E-state index in [2.05, 4.69) is 20.6 Å². The first-order chi connectivity index (χ1) is 13.2. The summed E-state index contributed by atoms with van der Waals surface area (Å²) in [4.78, 5) is 11.5. The van der Waals surface area contributed by atoms with Crippen molar-refractivity contribution < 1.29 is 19.0 Å². The zero-order valence-electron chi connectivity index (χ0n) is 15.2. The van der Waals surface area contributed by atoms with Gasteiger partial charge >= 0.3 is 0 Å². The van der Waals surface area contributed by atoms with Crippen molar-refractivity contribution in [3.63, 3.8) is 0 Å². The fourth-order valence-electron chi connectivity index (χ4n) is 2.36. The number of aromatic nitrogens is 4. The Bertz CT molecular complexity index is 894. The predicted octanol–water partition coefficient (Wildman–Crippen LogP) is 1.33. The highest BCUT2D eigenvalue weighted by Gasteiger charge is 2.11. The molecule has 0 aliphatic rings. The quantitative estimate of drug-likeness (QED) is 0.567. The highest BCUT2D eigenvalue weighted by Crippen LogP contribution is 2.21. The van der Waals surface area contributed by atoms with Crippen molar-refractivity contribution in [2.75, 3.05) is 33.5 Å². The molecule has 0 fully saturated rings. The SMILES string of the molecule is CCOCC(=O)NCCOc1ccc2nnc(-c3ccc(OC)cc3)n2n1. The zero-order valence-corrected chi connectivity index (χ0v) is 15.2. The summed E-state index contributed by atoms with van der Waals surface area (Å²) in [6, 6.07) is 11.0. The molecule has 3 rings (SSSR count). The molecule has 1 aromatic carbocycles. The molecule has 1 amide bonds. The van der Waals surface area contributed by atoms with E-state index >= 15 is 0 Å². The lowest BCUT2D eigenvalue weighted by Crippen LogP contribution is -2.31. The summed E-state index contributed by atoms with van der Waals surface area (Å²) in [6.45, 7) is 3.04. The number of amides is 1. The molecule has 27 heavy (non-hydrogen) atoms. The van der Waals surface area contributed by atoms with Crippen LogP contribution >= 0.6 is 0 Å². The second-order valence-corrected chi connectivity index (χ2v) is 5.53. The summed E-state index contributed by atoms with van der Waals surface area (Å²) in [7, 11) is 1.62. The number of nitrogens with one attached hydrogen (secondary N) is 1. The van der Waals surface area contributed by atoms with E-state index in [9.17, 15) is 4.79 Å². The van der Waals surface area contributed by atoms with Crippen molar-refractivity contribution in [3.05, 3.63) is 36.4 Å². The van der Waals surface area contributed by atoms with E-state index in [0.29, 0.717) is 30.5 Å². The molecule has 1 N–H and O–H groups in total. The monoisotopic (exact) mass is 371 g/mol. The largest absolute Gasteiger partial charge is 0.497 e. The van der Waals surface area contributed by atoms with Crippen LogP contribution in [0.1, 0.15) is 6.92 Å². The van der Waals surface area contributed by atoms with E-state index in [4.69, 9.17) is 14.2 Å². The van der Waals surface area contributed by atoms with Crippen molar-refractivity contribution in [3.8, 4) is 23.0 Å². The Morgan fingerprint density at radius 1 is 1.15 bits per heavy atom. The van der Waals surface area contributed by atoms with Crippen molar-refractivity contribution in [2.45, 2.75) is 6.92 Å². The van der Waals surface area contributed by atoms with E-state index in [1.807, 2.05) is 31.2 Å². The molecule has 0 saturated carbocycles. The molecule has 0 aliphatic carbocycles. The molecule has 0 spiro atoms. The van der Waals surface area contributed by atoms with Crippen LogP contribution < -0.4 is 14.8 Å². The van der Waals surface area contributed by atoms with Crippen LogP contribution in [0.5, 0.6) is 11.6 Å². The molecule has 0 unspecified atom stereocenters. The number of carbonyl (C=O) groups excluding carboxylic acids is 1. The summed E-state index contributed by atoms with van der Waals surface area (Å²) < 4.78 is 17.4. The molecular formula is C18H21N5O4. The number of nitrogens with zero attached hydrogens (tertiary/aromatic N) is 4. The Balaban J connectivity index is 1.65. The van der Waals surface area contributed by atoms with Gasteiger partial charge < -0.3 is 19.5 Å². The average Bonchev–Trinajstić information content (AvgIpc) is 3.13. The van der Waals surface area contributed by atoms with Gasteiger partial charge in [-0.3, -0.25) is 4.79 Å². The smallest absolute Gasteiger partial charge is 0.246 e. The van der Waals surface area contributed by atoms with Gasteiger partial charge in [0.05, 0.1) is 13.7 Å². The number of hydrogen-bond donors (Lipinski definition) is 1. The van der Waals surface area contributed by atoms with Gasteiger partial charge in [0.25, 0.3) is 0 Å². The van der Waals surface area contributed by atoms with Crippen molar-refractivity contribution in [2.24, 2.45) is 0 Å². The lowest BCUT2D eigenvalue weighted by molar-refractivity contribution is -0.125. The molecule has 9 heteroatoms. The third-order valence-electron chi connectivity index (χ3n) is 3.70. The molecular weight excluding hydrogens is 350 g/mol. The highest BCUT2D eigenvalue weighted by molar-refractivity contribution is 5.77. The standard InChI is InChI=1S/C18H21N5O4/c1-3-26-12-16(24)19-10-11-27-17-9-8-15-20-21-18(23(15)22-17)13-4-6-14(25-2)7-5-13/h4-9H,3,10-12H2,1-2H3,(H,19,24). The molecule has 3 aromatic rings. The maximum Gasteiger partial charge on any atom is 0.246 e. The minimum absolute atomic E-state index is 0.0483. The van der Waals surface area contributed by atoms with Gasteiger partial charge in [0, 0.05) is 18.2 Å². The van der Waals surface area contributed by atoms with Gasteiger partial charge in [-0.2, -0.15) is 4.52 Å². The van der Waals surface area contributed by atoms with Crippen LogP contribution in [0.25, 0.3) is 17.0 Å². The van der Waals surface area contributed by atoms with Crippen molar-refractivity contribution >= 4 is 11.6 Å². The maximum atomic E-state index is 11.5. The number of hydrogen-bond acceptors (Lipinski definition) is 7. The molecule has 9 nitrogen and oxygen atoms in total. The minimum Gasteiger partial charge on any atom is -0.497 e. The number of fused-ring (bicyclic) bond motifs is 1. The molecule has 0 bridgehead atoms. The summed E-state index contributed by atoms with van der Waals surface area (Å²) in [5.41, 5.74) is 1.47. The normalized spacial score (nSPS) is 10.7. The second kappa shape index (κ2) is 8.95. The number of ether oxygens (including phenoxy) is 3. The topological polar surface area (TPSA) is 99.9 Å². The highest BCUT2D eigenvalue weighted by atomic mass is 16.5. The molecule has 0 atom stereocenters. The Hall–Kier alpha value is -3.20. The Kier molecular flexibility index (Phi) is 6.16. The van der Waals surface area contributed by atoms with Crippen molar-refractivity contribution in [1.29, 1.82) is 0 Å². The number of carbonyl (C=O) groups is 1. The summed E-state index contributed by atoms with van der Waals surface area (Å²) in [5, 5.41) is 15.4. The van der Waals surface area contributed by atoms with Crippen LogP contribution in [0.3, 0.4) is 0 Å². The van der Waals surface area contributed by atoms with E-state index in [1.165, 1.54) is 0 Å². The third kappa shape index (κ3) is 4.70. The van der Waals surface area contributed by atoms with Gasteiger partial charge in [0.15, 0.2) is 11.5 Å². The zero-order chi connectivity index (χ0) is 19.1. The average molecular weight is 371 g/mol.